The molecule has 1 aliphatic heterocycles. The molecule has 1 aromatic rings. The average Bonchev–Trinajstić information content (AvgIpc) is 2.30. The molecule has 0 fully saturated rings. The fraction of sp³-hybridized carbons (Fsp3) is 0.286. The number of fused-ring (bicyclic) bond motifs is 1. The van der Waals surface area contributed by atoms with Crippen LogP contribution in [0, 0.1) is 0 Å². The van der Waals surface area contributed by atoms with E-state index in [1.165, 1.54) is 6.20 Å². The largest absolute Gasteiger partial charge is 0.364 e. The third-order valence-electron chi connectivity index (χ3n) is 1.68. The Labute approximate surface area is 63.1 Å². The van der Waals surface area contributed by atoms with Crippen LogP contribution in [0.4, 0.5) is 0 Å². The van der Waals surface area contributed by atoms with Crippen molar-refractivity contribution in [3.05, 3.63) is 29.6 Å². The van der Waals surface area contributed by atoms with Gasteiger partial charge in [0.25, 0.3) is 0 Å². The minimum absolute atomic E-state index is 0.542. The van der Waals surface area contributed by atoms with Gasteiger partial charge in [-0.2, -0.15) is 0 Å². The van der Waals surface area contributed by atoms with Gasteiger partial charge in [0.15, 0.2) is 12.6 Å². The summed E-state index contributed by atoms with van der Waals surface area (Å²) in [7, 11) is 0. The van der Waals surface area contributed by atoms with Gasteiger partial charge in [0.1, 0.15) is 0 Å². The molecule has 4 nitrogen and oxygen atoms in total. The zero-order chi connectivity index (χ0) is 7.84. The summed E-state index contributed by atoms with van der Waals surface area (Å²) in [4.78, 5) is 3.79. The Balaban J connectivity index is 2.52. The van der Waals surface area contributed by atoms with E-state index in [1.807, 2.05) is 0 Å². The first-order chi connectivity index (χ1) is 5.29. The fourth-order valence-corrected chi connectivity index (χ4v) is 1.12. The highest BCUT2D eigenvalue weighted by Crippen LogP contribution is 2.34. The summed E-state index contributed by atoms with van der Waals surface area (Å²) in [6.45, 7) is 0. The quantitative estimate of drug-likeness (QED) is 0.554. The molecule has 0 saturated heterocycles. The third kappa shape index (κ3) is 0.920. The minimum Gasteiger partial charge on any atom is -0.364 e. The smallest absolute Gasteiger partial charge is 0.186 e. The van der Waals surface area contributed by atoms with Gasteiger partial charge in [0.2, 0.25) is 0 Å². The number of aromatic nitrogens is 1. The molecule has 0 saturated carbocycles. The molecule has 1 aliphatic rings. The van der Waals surface area contributed by atoms with Gasteiger partial charge in [-0.15, -0.1) is 0 Å². The summed E-state index contributed by atoms with van der Waals surface area (Å²) in [5.74, 6) is 0. The lowest BCUT2D eigenvalue weighted by atomic mass is 10.2. The molecule has 2 rings (SSSR count). The fourth-order valence-electron chi connectivity index (χ4n) is 1.12. The Morgan fingerprint density at radius 3 is 2.73 bits per heavy atom. The van der Waals surface area contributed by atoms with Crippen molar-refractivity contribution in [3.63, 3.8) is 0 Å². The standard InChI is InChI=1S/C7H7NO3/c9-6-4-1-2-8-3-5(4)7(10)11-6/h1-3,6-7,9-10H. The molecule has 1 aromatic heterocycles. The molecule has 0 aromatic carbocycles. The monoisotopic (exact) mass is 153 g/mol. The lowest BCUT2D eigenvalue weighted by Gasteiger charge is -2.01. The molecule has 4 heteroatoms. The summed E-state index contributed by atoms with van der Waals surface area (Å²) in [5, 5.41) is 18.3. The number of ether oxygens (including phenoxy) is 1. The van der Waals surface area contributed by atoms with Crippen molar-refractivity contribution >= 4 is 0 Å². The van der Waals surface area contributed by atoms with Crippen molar-refractivity contribution in [2.75, 3.05) is 0 Å². The Kier molecular flexibility index (Phi) is 1.38. The molecule has 2 N–H and O–H groups in total. The predicted octanol–water partition coefficient (Wildman–Crippen LogP) is 0.0936. The van der Waals surface area contributed by atoms with Crippen LogP contribution < -0.4 is 0 Å². The SMILES string of the molecule is OC1OC(O)c2cnccc21. The number of hydrogen-bond acceptors (Lipinski definition) is 4. The molecule has 0 aliphatic carbocycles. The third-order valence-corrected chi connectivity index (χ3v) is 1.68. The topological polar surface area (TPSA) is 62.6 Å². The van der Waals surface area contributed by atoms with Gasteiger partial charge in [-0.05, 0) is 6.07 Å². The molecular formula is C7H7NO3. The maximum atomic E-state index is 9.14. The van der Waals surface area contributed by atoms with Crippen LogP contribution in [0.25, 0.3) is 0 Å². The van der Waals surface area contributed by atoms with Crippen LogP contribution in [0.3, 0.4) is 0 Å². The second-order valence-electron chi connectivity index (χ2n) is 2.35. The molecule has 0 spiro atoms. The molecule has 0 bridgehead atoms. The van der Waals surface area contributed by atoms with E-state index >= 15 is 0 Å². The number of hydrogen-bond donors (Lipinski definition) is 2. The van der Waals surface area contributed by atoms with Gasteiger partial charge in [0.05, 0.1) is 0 Å². The van der Waals surface area contributed by atoms with Crippen molar-refractivity contribution < 1.29 is 14.9 Å². The Morgan fingerprint density at radius 1 is 1.27 bits per heavy atom. The van der Waals surface area contributed by atoms with Crippen molar-refractivity contribution in [2.24, 2.45) is 0 Å². The van der Waals surface area contributed by atoms with E-state index < -0.39 is 12.6 Å². The molecule has 2 atom stereocenters. The Morgan fingerprint density at radius 2 is 2.00 bits per heavy atom. The summed E-state index contributed by atoms with van der Waals surface area (Å²) in [6, 6.07) is 1.62. The van der Waals surface area contributed by atoms with Crippen LogP contribution in [-0.2, 0) is 4.74 Å². The maximum absolute atomic E-state index is 9.14. The van der Waals surface area contributed by atoms with Crippen LogP contribution >= 0.6 is 0 Å². The first-order valence-corrected chi connectivity index (χ1v) is 3.24. The first kappa shape index (κ1) is 6.72. The highest BCUT2D eigenvalue weighted by Gasteiger charge is 2.28. The van der Waals surface area contributed by atoms with Crippen LogP contribution in [0.5, 0.6) is 0 Å². The molecule has 0 radical (unpaired) electrons. The Hall–Kier alpha value is -0.970. The van der Waals surface area contributed by atoms with E-state index in [1.54, 1.807) is 12.3 Å². The van der Waals surface area contributed by atoms with E-state index in [0.29, 0.717) is 11.1 Å². The van der Waals surface area contributed by atoms with Crippen LogP contribution in [0.1, 0.15) is 23.7 Å². The highest BCUT2D eigenvalue weighted by molar-refractivity contribution is 5.28. The zero-order valence-electron chi connectivity index (χ0n) is 5.64. The predicted molar refractivity (Wildman–Crippen MR) is 35.2 cm³/mol. The Bertz CT molecular complexity index is 249. The van der Waals surface area contributed by atoms with Gasteiger partial charge in [-0.1, -0.05) is 0 Å². The van der Waals surface area contributed by atoms with Crippen molar-refractivity contribution in [3.8, 4) is 0 Å². The van der Waals surface area contributed by atoms with Crippen molar-refractivity contribution in [1.29, 1.82) is 0 Å². The zero-order valence-corrected chi connectivity index (χ0v) is 5.64. The summed E-state index contributed by atoms with van der Waals surface area (Å²) in [5.41, 5.74) is 1.13. The molecule has 11 heavy (non-hydrogen) atoms. The van der Waals surface area contributed by atoms with Crippen LogP contribution in [0.2, 0.25) is 0 Å². The van der Waals surface area contributed by atoms with Crippen molar-refractivity contribution in [1.82, 2.24) is 4.98 Å². The molecule has 2 unspecified atom stereocenters. The number of nitrogens with zero attached hydrogens (tertiary/aromatic N) is 1. The van der Waals surface area contributed by atoms with Crippen LogP contribution in [-0.4, -0.2) is 15.2 Å². The number of rotatable bonds is 0. The van der Waals surface area contributed by atoms with Crippen molar-refractivity contribution in [2.45, 2.75) is 12.6 Å². The van der Waals surface area contributed by atoms with Crippen LogP contribution in [0.15, 0.2) is 18.5 Å². The summed E-state index contributed by atoms with van der Waals surface area (Å²) < 4.78 is 4.70. The van der Waals surface area contributed by atoms with E-state index in [4.69, 9.17) is 14.9 Å². The van der Waals surface area contributed by atoms with Gasteiger partial charge >= 0.3 is 0 Å². The molecular weight excluding hydrogens is 146 g/mol. The molecule has 0 amide bonds. The van der Waals surface area contributed by atoms with Gasteiger partial charge in [-0.25, -0.2) is 0 Å². The van der Waals surface area contributed by atoms with E-state index in [0.717, 1.165) is 0 Å². The number of aliphatic hydroxyl groups is 2. The normalized spacial score (nSPS) is 28.5. The van der Waals surface area contributed by atoms with Gasteiger partial charge < -0.3 is 14.9 Å². The number of aliphatic hydroxyl groups excluding tert-OH is 2. The van der Waals surface area contributed by atoms with Gasteiger partial charge in [0, 0.05) is 23.5 Å². The summed E-state index contributed by atoms with van der Waals surface area (Å²) >= 11 is 0. The minimum atomic E-state index is -1.03. The lowest BCUT2D eigenvalue weighted by Crippen LogP contribution is -1.94. The number of pyridine rings is 1. The first-order valence-electron chi connectivity index (χ1n) is 3.24. The summed E-state index contributed by atoms with van der Waals surface area (Å²) in [6.07, 6.45) is 0.983. The van der Waals surface area contributed by atoms with Gasteiger partial charge in [-0.3, -0.25) is 4.98 Å². The second-order valence-corrected chi connectivity index (χ2v) is 2.35. The lowest BCUT2D eigenvalue weighted by molar-refractivity contribution is -0.193. The van der Waals surface area contributed by atoms with E-state index in [2.05, 4.69) is 4.98 Å². The van der Waals surface area contributed by atoms with E-state index in [9.17, 15) is 0 Å². The maximum Gasteiger partial charge on any atom is 0.186 e. The second kappa shape index (κ2) is 2.27. The molecule has 2 heterocycles. The highest BCUT2D eigenvalue weighted by atomic mass is 16.7. The average molecular weight is 153 g/mol. The molecule has 58 valence electrons. The van der Waals surface area contributed by atoms with E-state index in [-0.39, 0.29) is 0 Å².